The van der Waals surface area contributed by atoms with Gasteiger partial charge in [0.05, 0.1) is 19.3 Å². The van der Waals surface area contributed by atoms with Crippen molar-refractivity contribution in [1.82, 2.24) is 10.4 Å². The van der Waals surface area contributed by atoms with Gasteiger partial charge in [0.15, 0.2) is 11.5 Å². The Hall–Kier alpha value is -2.11. The van der Waals surface area contributed by atoms with Crippen LogP contribution < -0.4 is 20.7 Å². The number of ether oxygens (including phenoxy) is 2. The zero-order valence-electron chi connectivity index (χ0n) is 12.4. The van der Waals surface area contributed by atoms with E-state index >= 15 is 0 Å². The number of aromatic nitrogens is 1. The first-order chi connectivity index (χ1) is 10.3. The minimum Gasteiger partial charge on any atom is -0.490 e. The zero-order chi connectivity index (χ0) is 15.1. The minimum absolute atomic E-state index is 0.122. The second kappa shape index (κ2) is 7.61. The van der Waals surface area contributed by atoms with Crippen LogP contribution in [0, 0.1) is 0 Å². The van der Waals surface area contributed by atoms with Crippen molar-refractivity contribution in [1.29, 1.82) is 0 Å². The summed E-state index contributed by atoms with van der Waals surface area (Å²) in [5, 5.41) is 0. The van der Waals surface area contributed by atoms with Crippen molar-refractivity contribution in [3.8, 4) is 11.5 Å². The average molecular weight is 287 g/mol. The van der Waals surface area contributed by atoms with Crippen LogP contribution in [-0.2, 0) is 0 Å². The van der Waals surface area contributed by atoms with Crippen LogP contribution in [-0.4, -0.2) is 18.2 Å². The number of benzene rings is 1. The molecule has 0 aliphatic carbocycles. The number of nitrogens with two attached hydrogens (primary N) is 1. The van der Waals surface area contributed by atoms with Crippen LogP contribution >= 0.6 is 0 Å². The van der Waals surface area contributed by atoms with Gasteiger partial charge in [-0.2, -0.15) is 0 Å². The lowest BCUT2D eigenvalue weighted by Gasteiger charge is -2.19. The fourth-order valence-corrected chi connectivity index (χ4v) is 2.19. The van der Waals surface area contributed by atoms with Crippen LogP contribution in [0.15, 0.2) is 42.7 Å². The molecule has 0 spiro atoms. The molecule has 0 saturated heterocycles. The Morgan fingerprint density at radius 3 is 2.29 bits per heavy atom. The Morgan fingerprint density at radius 2 is 1.67 bits per heavy atom. The minimum atomic E-state index is -0.122. The van der Waals surface area contributed by atoms with Crippen LogP contribution in [0.25, 0.3) is 0 Å². The van der Waals surface area contributed by atoms with E-state index < -0.39 is 0 Å². The maximum atomic E-state index is 5.72. The number of rotatable bonds is 7. The Bertz CT molecular complexity index is 561. The summed E-state index contributed by atoms with van der Waals surface area (Å²) in [6.07, 6.45) is 3.50. The third kappa shape index (κ3) is 3.71. The Kier molecular flexibility index (Phi) is 5.54. The van der Waals surface area contributed by atoms with E-state index in [0.29, 0.717) is 13.2 Å². The van der Waals surface area contributed by atoms with Crippen molar-refractivity contribution in [3.63, 3.8) is 0 Å². The fraction of sp³-hybridized carbons (Fsp3) is 0.312. The average Bonchev–Trinajstić information content (AvgIpc) is 2.52. The van der Waals surface area contributed by atoms with E-state index in [9.17, 15) is 0 Å². The fourth-order valence-electron chi connectivity index (χ4n) is 2.19. The summed E-state index contributed by atoms with van der Waals surface area (Å²) in [6.45, 7) is 5.08. The van der Waals surface area contributed by atoms with Gasteiger partial charge in [-0.3, -0.25) is 10.8 Å². The SMILES string of the molecule is CCOc1ccc(C(NN)c2ccncc2)cc1OCC. The summed E-state index contributed by atoms with van der Waals surface area (Å²) >= 11 is 0. The van der Waals surface area contributed by atoms with Crippen molar-refractivity contribution < 1.29 is 9.47 Å². The molecule has 0 aliphatic rings. The highest BCUT2D eigenvalue weighted by molar-refractivity contribution is 5.45. The van der Waals surface area contributed by atoms with Crippen molar-refractivity contribution in [2.75, 3.05) is 13.2 Å². The molecule has 0 saturated carbocycles. The summed E-state index contributed by atoms with van der Waals surface area (Å²) in [7, 11) is 0. The van der Waals surface area contributed by atoms with Crippen LogP contribution in [0.4, 0.5) is 0 Å². The number of nitrogens with zero attached hydrogens (tertiary/aromatic N) is 1. The van der Waals surface area contributed by atoms with Crippen LogP contribution in [0.3, 0.4) is 0 Å². The van der Waals surface area contributed by atoms with Gasteiger partial charge < -0.3 is 9.47 Å². The highest BCUT2D eigenvalue weighted by atomic mass is 16.5. The molecule has 0 bridgehead atoms. The summed E-state index contributed by atoms with van der Waals surface area (Å²) < 4.78 is 11.2. The Balaban J connectivity index is 2.35. The molecule has 3 N–H and O–H groups in total. The number of hydrogen-bond donors (Lipinski definition) is 2. The lowest BCUT2D eigenvalue weighted by atomic mass is 10.00. The molecule has 1 aromatic carbocycles. The van der Waals surface area contributed by atoms with Crippen LogP contribution in [0.1, 0.15) is 31.0 Å². The zero-order valence-corrected chi connectivity index (χ0v) is 12.4. The molecule has 1 heterocycles. The van der Waals surface area contributed by atoms with Gasteiger partial charge in [-0.1, -0.05) is 6.07 Å². The van der Waals surface area contributed by atoms with Crippen LogP contribution in [0.5, 0.6) is 11.5 Å². The molecule has 5 nitrogen and oxygen atoms in total. The van der Waals surface area contributed by atoms with Gasteiger partial charge in [0, 0.05) is 12.4 Å². The Labute approximate surface area is 125 Å². The second-order valence-corrected chi connectivity index (χ2v) is 4.45. The standard InChI is InChI=1S/C16H21N3O2/c1-3-20-14-6-5-13(11-15(14)21-4-2)16(19-17)12-7-9-18-10-8-12/h5-11,16,19H,3-4,17H2,1-2H3. The van der Waals surface area contributed by atoms with Crippen molar-refractivity contribution in [2.45, 2.75) is 19.9 Å². The maximum absolute atomic E-state index is 5.72. The molecular formula is C16H21N3O2. The maximum Gasteiger partial charge on any atom is 0.161 e. The quantitative estimate of drug-likeness (QED) is 0.604. The first kappa shape index (κ1) is 15.3. The summed E-state index contributed by atoms with van der Waals surface area (Å²) in [4.78, 5) is 4.03. The first-order valence-electron chi connectivity index (χ1n) is 7.05. The molecule has 2 aromatic rings. The van der Waals surface area contributed by atoms with Gasteiger partial charge >= 0.3 is 0 Å². The molecule has 5 heteroatoms. The lowest BCUT2D eigenvalue weighted by molar-refractivity contribution is 0.287. The third-order valence-electron chi connectivity index (χ3n) is 3.11. The molecule has 0 radical (unpaired) electrons. The molecular weight excluding hydrogens is 266 g/mol. The van der Waals surface area contributed by atoms with Crippen LogP contribution in [0.2, 0.25) is 0 Å². The van der Waals surface area contributed by atoms with E-state index in [1.165, 1.54) is 0 Å². The van der Waals surface area contributed by atoms with Gasteiger partial charge in [0.1, 0.15) is 0 Å². The summed E-state index contributed by atoms with van der Waals surface area (Å²) in [6, 6.07) is 9.60. The number of hydrogen-bond acceptors (Lipinski definition) is 5. The molecule has 21 heavy (non-hydrogen) atoms. The lowest BCUT2D eigenvalue weighted by Crippen LogP contribution is -2.28. The highest BCUT2D eigenvalue weighted by Gasteiger charge is 2.15. The van der Waals surface area contributed by atoms with E-state index in [1.54, 1.807) is 12.4 Å². The normalized spacial score (nSPS) is 12.0. The van der Waals surface area contributed by atoms with Crippen molar-refractivity contribution in [2.24, 2.45) is 5.84 Å². The molecule has 2 rings (SSSR count). The topological polar surface area (TPSA) is 69.4 Å². The summed E-state index contributed by atoms with van der Waals surface area (Å²) in [5.41, 5.74) is 4.88. The van der Waals surface area contributed by atoms with Gasteiger partial charge in [0.25, 0.3) is 0 Å². The molecule has 1 atom stereocenters. The number of nitrogens with one attached hydrogen (secondary N) is 1. The largest absolute Gasteiger partial charge is 0.490 e. The second-order valence-electron chi connectivity index (χ2n) is 4.45. The molecule has 112 valence electrons. The smallest absolute Gasteiger partial charge is 0.161 e. The van der Waals surface area contributed by atoms with E-state index in [-0.39, 0.29) is 6.04 Å². The number of hydrazine groups is 1. The van der Waals surface area contributed by atoms with E-state index in [0.717, 1.165) is 22.6 Å². The molecule has 1 unspecified atom stereocenters. The Morgan fingerprint density at radius 1 is 1.00 bits per heavy atom. The van der Waals surface area contributed by atoms with Gasteiger partial charge in [0.2, 0.25) is 0 Å². The monoisotopic (exact) mass is 287 g/mol. The van der Waals surface area contributed by atoms with E-state index in [2.05, 4.69) is 10.4 Å². The van der Waals surface area contributed by atoms with Gasteiger partial charge in [-0.15, -0.1) is 0 Å². The number of pyridine rings is 1. The van der Waals surface area contributed by atoms with E-state index in [4.69, 9.17) is 15.3 Å². The van der Waals surface area contributed by atoms with E-state index in [1.807, 2.05) is 44.2 Å². The molecule has 1 aromatic heterocycles. The van der Waals surface area contributed by atoms with Gasteiger partial charge in [-0.05, 0) is 49.2 Å². The molecule has 0 amide bonds. The first-order valence-corrected chi connectivity index (χ1v) is 7.05. The van der Waals surface area contributed by atoms with Crippen molar-refractivity contribution >= 4 is 0 Å². The predicted molar refractivity (Wildman–Crippen MR) is 82.2 cm³/mol. The highest BCUT2D eigenvalue weighted by Crippen LogP contribution is 2.32. The predicted octanol–water partition coefficient (Wildman–Crippen LogP) is 2.43. The van der Waals surface area contributed by atoms with Crippen molar-refractivity contribution in [3.05, 3.63) is 53.9 Å². The summed E-state index contributed by atoms with van der Waals surface area (Å²) in [5.74, 6) is 7.19. The van der Waals surface area contributed by atoms with Gasteiger partial charge in [-0.25, -0.2) is 5.43 Å². The molecule has 0 aliphatic heterocycles. The third-order valence-corrected chi connectivity index (χ3v) is 3.11. The molecule has 0 fully saturated rings.